The second-order valence-electron chi connectivity index (χ2n) is 4.83. The van der Waals surface area contributed by atoms with E-state index in [9.17, 15) is 5.11 Å². The molecule has 3 N–H and O–H groups in total. The monoisotopic (exact) mass is 287 g/mol. The van der Waals surface area contributed by atoms with Crippen molar-refractivity contribution in [1.29, 1.82) is 0 Å². The average Bonchev–Trinajstić information content (AvgIpc) is 2.34. The van der Waals surface area contributed by atoms with Crippen LogP contribution in [-0.4, -0.2) is 30.5 Å². The first-order valence-corrected chi connectivity index (χ1v) is 6.75. The predicted molar refractivity (Wildman–Crippen MR) is 76.6 cm³/mol. The van der Waals surface area contributed by atoms with E-state index in [0.717, 1.165) is 5.56 Å². The molecule has 0 heterocycles. The molecule has 0 aromatic heterocycles. The quantitative estimate of drug-likeness (QED) is 0.809. The molecule has 1 rings (SSSR count). The van der Waals surface area contributed by atoms with Gasteiger partial charge in [0.2, 0.25) is 0 Å². The molecule has 0 amide bonds. The third-order valence-corrected chi connectivity index (χ3v) is 2.83. The molecular formula is C14H22ClNO3. The summed E-state index contributed by atoms with van der Waals surface area (Å²) in [6, 6.07) is 5.33. The number of benzene rings is 1. The number of ether oxygens (including phenoxy) is 2. The smallest absolute Gasteiger partial charge is 0.138 e. The Labute approximate surface area is 119 Å². The molecule has 0 saturated carbocycles. The summed E-state index contributed by atoms with van der Waals surface area (Å²) in [5, 5.41) is 10.2. The number of aliphatic hydroxyl groups is 1. The Morgan fingerprint density at radius 2 is 1.95 bits per heavy atom. The van der Waals surface area contributed by atoms with Crippen LogP contribution in [0.15, 0.2) is 18.2 Å². The van der Waals surface area contributed by atoms with Crippen molar-refractivity contribution in [3.8, 4) is 5.75 Å². The molecule has 0 saturated heterocycles. The van der Waals surface area contributed by atoms with Gasteiger partial charge in [0.15, 0.2) is 0 Å². The minimum atomic E-state index is -0.674. The molecule has 1 aromatic carbocycles. The molecular weight excluding hydrogens is 266 g/mol. The summed E-state index contributed by atoms with van der Waals surface area (Å²) in [5.41, 5.74) is 6.71. The van der Waals surface area contributed by atoms with Crippen molar-refractivity contribution in [3.05, 3.63) is 28.8 Å². The van der Waals surface area contributed by atoms with Crippen LogP contribution < -0.4 is 10.5 Å². The Morgan fingerprint density at radius 1 is 1.26 bits per heavy atom. The fourth-order valence-corrected chi connectivity index (χ4v) is 1.70. The first kappa shape index (κ1) is 16.2. The van der Waals surface area contributed by atoms with Crippen LogP contribution in [0.2, 0.25) is 5.02 Å². The van der Waals surface area contributed by atoms with Crippen LogP contribution in [0.3, 0.4) is 0 Å². The fourth-order valence-electron chi connectivity index (χ4n) is 1.45. The van der Waals surface area contributed by atoms with Gasteiger partial charge in [-0.2, -0.15) is 0 Å². The third-order valence-electron chi connectivity index (χ3n) is 2.53. The lowest BCUT2D eigenvalue weighted by atomic mass is 10.1. The minimum absolute atomic E-state index is 0.0726. The minimum Gasteiger partial charge on any atom is -0.489 e. The molecule has 0 fully saturated rings. The number of aliphatic hydroxyl groups excluding tert-OH is 1. The van der Waals surface area contributed by atoms with Gasteiger partial charge in [-0.25, -0.2) is 0 Å². The van der Waals surface area contributed by atoms with E-state index in [4.69, 9.17) is 26.8 Å². The van der Waals surface area contributed by atoms with Gasteiger partial charge < -0.3 is 20.3 Å². The summed E-state index contributed by atoms with van der Waals surface area (Å²) in [7, 11) is 0. The maximum absolute atomic E-state index is 9.68. The predicted octanol–water partition coefficient (Wildman–Crippen LogP) is 2.52. The summed E-state index contributed by atoms with van der Waals surface area (Å²) < 4.78 is 10.8. The molecule has 1 aromatic rings. The van der Waals surface area contributed by atoms with Gasteiger partial charge in [0.1, 0.15) is 18.5 Å². The number of halogens is 1. The van der Waals surface area contributed by atoms with E-state index in [1.807, 2.05) is 26.8 Å². The van der Waals surface area contributed by atoms with Crippen LogP contribution >= 0.6 is 11.6 Å². The highest BCUT2D eigenvalue weighted by Crippen LogP contribution is 2.27. The van der Waals surface area contributed by atoms with Crippen molar-refractivity contribution >= 4 is 11.6 Å². The fraction of sp³-hybridized carbons (Fsp3) is 0.571. The van der Waals surface area contributed by atoms with Crippen molar-refractivity contribution in [2.45, 2.75) is 39.0 Å². The molecule has 0 spiro atoms. The van der Waals surface area contributed by atoms with Crippen LogP contribution in [-0.2, 0) is 4.74 Å². The van der Waals surface area contributed by atoms with Gasteiger partial charge in [0.25, 0.3) is 0 Å². The molecule has 0 radical (unpaired) electrons. The molecule has 108 valence electrons. The molecule has 4 nitrogen and oxygen atoms in total. The van der Waals surface area contributed by atoms with Gasteiger partial charge in [-0.05, 0) is 38.5 Å². The Morgan fingerprint density at radius 3 is 2.47 bits per heavy atom. The normalized spacial score (nSPS) is 14.5. The summed E-state index contributed by atoms with van der Waals surface area (Å²) >= 11 is 6.09. The standard InChI is InChI=1S/C14H22ClNO3/c1-9(2)18-7-12(17)8-19-14-5-4-11(10(3)16)6-13(14)15/h4-6,9-10,12,17H,7-8,16H2,1-3H3/t10-,12?/m0/s1. The lowest BCUT2D eigenvalue weighted by Crippen LogP contribution is -2.25. The van der Waals surface area contributed by atoms with E-state index < -0.39 is 6.10 Å². The van der Waals surface area contributed by atoms with Crippen molar-refractivity contribution < 1.29 is 14.6 Å². The third kappa shape index (κ3) is 5.78. The Balaban J connectivity index is 2.49. The molecule has 0 aliphatic rings. The molecule has 19 heavy (non-hydrogen) atoms. The lowest BCUT2D eigenvalue weighted by molar-refractivity contribution is -0.0122. The van der Waals surface area contributed by atoms with Crippen molar-refractivity contribution in [2.24, 2.45) is 5.73 Å². The van der Waals surface area contributed by atoms with Crippen molar-refractivity contribution in [2.75, 3.05) is 13.2 Å². The van der Waals surface area contributed by atoms with E-state index in [1.54, 1.807) is 12.1 Å². The maximum Gasteiger partial charge on any atom is 0.138 e. The van der Waals surface area contributed by atoms with E-state index in [0.29, 0.717) is 10.8 Å². The highest BCUT2D eigenvalue weighted by molar-refractivity contribution is 6.32. The Kier molecular flexibility index (Phi) is 6.58. The Hall–Kier alpha value is -0.810. The Bertz CT molecular complexity index is 396. The van der Waals surface area contributed by atoms with Crippen LogP contribution in [0.5, 0.6) is 5.75 Å². The van der Waals surface area contributed by atoms with E-state index in [-0.39, 0.29) is 25.4 Å². The highest BCUT2D eigenvalue weighted by atomic mass is 35.5. The van der Waals surface area contributed by atoms with Crippen LogP contribution in [0.4, 0.5) is 0 Å². The zero-order chi connectivity index (χ0) is 14.4. The van der Waals surface area contributed by atoms with Gasteiger partial charge in [0.05, 0.1) is 17.7 Å². The zero-order valence-corrected chi connectivity index (χ0v) is 12.4. The maximum atomic E-state index is 9.68. The van der Waals surface area contributed by atoms with E-state index >= 15 is 0 Å². The number of rotatable bonds is 7. The topological polar surface area (TPSA) is 64.7 Å². The van der Waals surface area contributed by atoms with E-state index in [1.165, 1.54) is 0 Å². The average molecular weight is 288 g/mol. The van der Waals surface area contributed by atoms with Gasteiger partial charge in [-0.3, -0.25) is 0 Å². The SMILES string of the molecule is CC(C)OCC(O)COc1ccc([C@H](C)N)cc1Cl. The highest BCUT2D eigenvalue weighted by Gasteiger charge is 2.10. The molecule has 0 aliphatic carbocycles. The molecule has 0 bridgehead atoms. The van der Waals surface area contributed by atoms with Crippen LogP contribution in [0.25, 0.3) is 0 Å². The molecule has 5 heteroatoms. The zero-order valence-electron chi connectivity index (χ0n) is 11.6. The largest absolute Gasteiger partial charge is 0.489 e. The molecule has 0 aliphatic heterocycles. The van der Waals surface area contributed by atoms with Crippen LogP contribution in [0, 0.1) is 0 Å². The molecule has 2 atom stereocenters. The number of nitrogens with two attached hydrogens (primary N) is 1. The van der Waals surface area contributed by atoms with Crippen molar-refractivity contribution in [1.82, 2.24) is 0 Å². The summed E-state index contributed by atoms with van der Waals surface area (Å²) in [4.78, 5) is 0. The number of hydrogen-bond donors (Lipinski definition) is 2. The summed E-state index contributed by atoms with van der Waals surface area (Å²) in [6.07, 6.45) is -0.588. The number of hydrogen-bond acceptors (Lipinski definition) is 4. The first-order valence-electron chi connectivity index (χ1n) is 6.37. The summed E-state index contributed by atoms with van der Waals surface area (Å²) in [6.45, 7) is 6.10. The van der Waals surface area contributed by atoms with Gasteiger partial charge in [-0.15, -0.1) is 0 Å². The van der Waals surface area contributed by atoms with E-state index in [2.05, 4.69) is 0 Å². The second-order valence-corrected chi connectivity index (χ2v) is 5.23. The second kappa shape index (κ2) is 7.70. The van der Waals surface area contributed by atoms with Crippen molar-refractivity contribution in [3.63, 3.8) is 0 Å². The summed E-state index contributed by atoms with van der Waals surface area (Å²) in [5.74, 6) is 0.537. The van der Waals surface area contributed by atoms with Gasteiger partial charge in [0, 0.05) is 6.04 Å². The molecule has 1 unspecified atom stereocenters. The van der Waals surface area contributed by atoms with Crippen LogP contribution in [0.1, 0.15) is 32.4 Å². The first-order chi connectivity index (χ1) is 8.90. The van der Waals surface area contributed by atoms with Gasteiger partial charge >= 0.3 is 0 Å². The lowest BCUT2D eigenvalue weighted by Gasteiger charge is -2.16. The van der Waals surface area contributed by atoms with Gasteiger partial charge in [-0.1, -0.05) is 17.7 Å².